The van der Waals surface area contributed by atoms with Crippen LogP contribution in [-0.2, 0) is 27.8 Å². The van der Waals surface area contributed by atoms with Gasteiger partial charge in [-0.25, -0.2) is 13.1 Å². The van der Waals surface area contributed by atoms with E-state index >= 15 is 0 Å². The lowest BCUT2D eigenvalue weighted by Crippen LogP contribution is -2.52. The van der Waals surface area contributed by atoms with Crippen LogP contribution >= 0.6 is 11.6 Å². The molecule has 252 valence electrons. The number of sulfonamides is 1. The lowest BCUT2D eigenvalue weighted by molar-refractivity contribution is -0.0822. The largest absolute Gasteiger partial charge is 0.487 e. The summed E-state index contributed by atoms with van der Waals surface area (Å²) in [5, 5.41) is -0.0483. The first kappa shape index (κ1) is 34.7. The minimum atomic E-state index is -3.93. The Bertz CT molecular complexity index is 1530. The molecule has 0 saturated heterocycles. The second-order valence-electron chi connectivity index (χ2n) is 13.7. The molecule has 0 spiro atoms. The number of nitrogens with zero attached hydrogens (tertiary/aromatic N) is 2. The predicted molar refractivity (Wildman–Crippen MR) is 185 cm³/mol. The molecule has 2 aromatic rings. The maximum atomic E-state index is 13.5. The molecule has 2 aromatic carbocycles. The van der Waals surface area contributed by atoms with E-state index in [1.807, 2.05) is 44.4 Å². The van der Waals surface area contributed by atoms with Crippen molar-refractivity contribution in [3.63, 3.8) is 0 Å². The number of benzene rings is 2. The van der Waals surface area contributed by atoms with Crippen molar-refractivity contribution in [1.82, 2.24) is 9.62 Å². The quantitative estimate of drug-likeness (QED) is 0.373. The maximum absolute atomic E-state index is 13.5. The molecule has 3 aliphatic rings. The maximum Gasteiger partial charge on any atom is 0.264 e. The number of nitrogens with one attached hydrogen (secondary N) is 1. The van der Waals surface area contributed by atoms with Gasteiger partial charge in [0.25, 0.3) is 5.91 Å². The van der Waals surface area contributed by atoms with Crippen LogP contribution in [0.25, 0.3) is 0 Å². The number of amides is 1. The van der Waals surface area contributed by atoms with Crippen molar-refractivity contribution in [3.05, 3.63) is 70.3 Å². The molecule has 1 N–H and O–H groups in total. The predicted octanol–water partition coefficient (Wildman–Crippen LogP) is 6.47. The SMILES string of the molecule is CO[C@]1(CCN(C)C)/C=C/C[C@H](C)[C@@H](C)S(=O)(=O)NC(=O)c2ccc3c(c2)N(CCCCc2cc(Cl)ccc2CO3)C[C@@H]2CC[C@H]21. The first-order valence-corrected chi connectivity index (χ1v) is 18.6. The van der Waals surface area contributed by atoms with Crippen LogP contribution in [0.1, 0.15) is 73.9 Å². The number of aryl methyl sites for hydroxylation is 1. The van der Waals surface area contributed by atoms with Gasteiger partial charge in [-0.15, -0.1) is 0 Å². The van der Waals surface area contributed by atoms with Crippen LogP contribution < -0.4 is 14.4 Å². The van der Waals surface area contributed by atoms with Crippen LogP contribution in [0.5, 0.6) is 5.75 Å². The van der Waals surface area contributed by atoms with Gasteiger partial charge in [-0.1, -0.05) is 36.7 Å². The Morgan fingerprint density at radius 3 is 2.63 bits per heavy atom. The van der Waals surface area contributed by atoms with Gasteiger partial charge in [0.15, 0.2) is 0 Å². The number of allylic oxidation sites excluding steroid dienone is 1. The Hall–Kier alpha value is -2.59. The normalized spacial score (nSPS) is 29.3. The van der Waals surface area contributed by atoms with Crippen molar-refractivity contribution in [3.8, 4) is 5.75 Å². The minimum absolute atomic E-state index is 0.205. The van der Waals surface area contributed by atoms with Gasteiger partial charge in [0.2, 0.25) is 10.0 Å². The summed E-state index contributed by atoms with van der Waals surface area (Å²) in [5.41, 5.74) is 2.93. The van der Waals surface area contributed by atoms with Crippen LogP contribution in [0.2, 0.25) is 5.02 Å². The average molecular weight is 672 g/mol. The van der Waals surface area contributed by atoms with E-state index in [0.717, 1.165) is 74.4 Å². The Labute approximate surface area is 280 Å². The zero-order valence-electron chi connectivity index (χ0n) is 27.9. The van der Waals surface area contributed by atoms with Gasteiger partial charge >= 0.3 is 0 Å². The number of methoxy groups -OCH3 is 1. The molecule has 2 aliphatic heterocycles. The molecule has 0 unspecified atom stereocenters. The van der Waals surface area contributed by atoms with Crippen LogP contribution in [0.15, 0.2) is 48.6 Å². The first-order valence-electron chi connectivity index (χ1n) is 16.6. The highest BCUT2D eigenvalue weighted by Gasteiger charge is 2.47. The molecule has 10 heteroatoms. The first-order chi connectivity index (χ1) is 21.9. The molecule has 8 nitrogen and oxygen atoms in total. The molecule has 0 radical (unpaired) electrons. The highest BCUT2D eigenvalue weighted by molar-refractivity contribution is 7.90. The van der Waals surface area contributed by atoms with Gasteiger partial charge in [0.05, 0.1) is 16.5 Å². The van der Waals surface area contributed by atoms with Crippen LogP contribution in [0.4, 0.5) is 5.69 Å². The van der Waals surface area contributed by atoms with Gasteiger partial charge in [0.1, 0.15) is 12.4 Å². The highest BCUT2D eigenvalue weighted by atomic mass is 35.5. The highest BCUT2D eigenvalue weighted by Crippen LogP contribution is 2.47. The van der Waals surface area contributed by atoms with E-state index in [1.54, 1.807) is 13.0 Å². The van der Waals surface area contributed by atoms with Gasteiger partial charge in [-0.05, 0) is 125 Å². The number of ether oxygens (including phenoxy) is 2. The van der Waals surface area contributed by atoms with Crippen molar-refractivity contribution < 1.29 is 22.7 Å². The molecule has 2 bridgehead atoms. The standard InChI is InChI=1S/C36H50ClN3O5S/c1-25-9-8-17-36(44-5,18-20-39(3)4)32-15-12-29(32)23-40-19-7-6-10-27-21-31(37)14-11-30(27)24-45-34-16-13-28(22-33(34)40)35(41)38-46(42,43)26(25)2/h8,11,13-14,16-17,21-22,25-26,29,32H,6-7,9-10,12,15,18-20,23-24H2,1-5H3,(H,38,41)/b17-8+/t25-,26+,29-,32+,36-/m0/s1. The number of fused-ring (bicyclic) bond motifs is 3. The molecule has 46 heavy (non-hydrogen) atoms. The number of hydrogen-bond donors (Lipinski definition) is 1. The third kappa shape index (κ3) is 7.75. The van der Waals surface area contributed by atoms with E-state index in [4.69, 9.17) is 21.1 Å². The van der Waals surface area contributed by atoms with Crippen LogP contribution in [0, 0.1) is 17.8 Å². The lowest BCUT2D eigenvalue weighted by Gasteiger charge is -2.50. The summed E-state index contributed by atoms with van der Waals surface area (Å²) in [4.78, 5) is 18.0. The Balaban J connectivity index is 1.58. The van der Waals surface area contributed by atoms with Gasteiger partial charge in [-0.2, -0.15) is 0 Å². The fourth-order valence-corrected chi connectivity index (χ4v) is 8.65. The summed E-state index contributed by atoms with van der Waals surface area (Å²) >= 11 is 6.36. The second-order valence-corrected chi connectivity index (χ2v) is 16.2. The fourth-order valence-electron chi connectivity index (χ4n) is 7.17. The van der Waals surface area contributed by atoms with Crippen LogP contribution in [-0.4, -0.2) is 70.9 Å². The zero-order chi connectivity index (χ0) is 33.1. The number of rotatable bonds is 4. The van der Waals surface area contributed by atoms with Gasteiger partial charge in [-0.3, -0.25) is 4.79 Å². The van der Waals surface area contributed by atoms with Crippen molar-refractivity contribution in [2.24, 2.45) is 17.8 Å². The second kappa shape index (κ2) is 14.7. The molecule has 1 amide bonds. The molecule has 5 atom stereocenters. The van der Waals surface area contributed by atoms with Crippen molar-refractivity contribution >= 4 is 33.2 Å². The average Bonchev–Trinajstić information content (AvgIpc) is 3.03. The Morgan fingerprint density at radius 2 is 1.91 bits per heavy atom. The minimum Gasteiger partial charge on any atom is -0.487 e. The molecule has 1 fully saturated rings. The topological polar surface area (TPSA) is 88.2 Å². The van der Waals surface area contributed by atoms with E-state index < -0.39 is 26.8 Å². The Morgan fingerprint density at radius 1 is 1.11 bits per heavy atom. The van der Waals surface area contributed by atoms with Crippen LogP contribution in [0.3, 0.4) is 0 Å². The fraction of sp³-hybridized carbons (Fsp3) is 0.583. The molecule has 1 aliphatic carbocycles. The number of anilines is 1. The molecule has 1 saturated carbocycles. The van der Waals surface area contributed by atoms with E-state index in [1.165, 1.54) is 5.56 Å². The molecular formula is C36H50ClN3O5S. The van der Waals surface area contributed by atoms with E-state index in [9.17, 15) is 13.2 Å². The van der Waals surface area contributed by atoms with Crippen molar-refractivity contribution in [1.29, 1.82) is 0 Å². The number of carbonyl (C=O) groups excluding carboxylic acids is 1. The van der Waals surface area contributed by atoms with Gasteiger partial charge < -0.3 is 19.3 Å². The summed E-state index contributed by atoms with van der Waals surface area (Å²) in [7, 11) is 2.05. The number of hydrogen-bond acceptors (Lipinski definition) is 7. The van der Waals surface area contributed by atoms with Crippen molar-refractivity contribution in [2.75, 3.05) is 45.7 Å². The number of carbonyl (C=O) groups is 1. The molecule has 2 heterocycles. The van der Waals surface area contributed by atoms with E-state index in [-0.39, 0.29) is 5.92 Å². The number of halogens is 1. The lowest BCUT2D eigenvalue weighted by atomic mass is 9.63. The smallest absolute Gasteiger partial charge is 0.264 e. The summed E-state index contributed by atoms with van der Waals surface area (Å²) in [6.45, 7) is 6.41. The van der Waals surface area contributed by atoms with Crippen molar-refractivity contribution in [2.45, 2.75) is 76.3 Å². The Kier molecular flexibility index (Phi) is 11.1. The molecule has 0 aromatic heterocycles. The zero-order valence-corrected chi connectivity index (χ0v) is 29.5. The monoisotopic (exact) mass is 671 g/mol. The summed E-state index contributed by atoms with van der Waals surface area (Å²) in [6.07, 6.45) is 10.7. The third-order valence-corrected chi connectivity index (χ3v) is 12.6. The summed E-state index contributed by atoms with van der Waals surface area (Å²) < 4.78 is 42.1. The van der Waals surface area contributed by atoms with Gasteiger partial charge in [0, 0.05) is 37.3 Å². The molecule has 5 rings (SSSR count). The summed E-state index contributed by atoms with van der Waals surface area (Å²) in [6, 6.07) is 11.2. The molecular weight excluding hydrogens is 622 g/mol. The van der Waals surface area contributed by atoms with E-state index in [2.05, 4.69) is 40.8 Å². The summed E-state index contributed by atoms with van der Waals surface area (Å²) in [5.74, 6) is 0.527. The third-order valence-electron chi connectivity index (χ3n) is 10.5. The van der Waals surface area contributed by atoms with E-state index in [0.29, 0.717) is 36.2 Å².